The van der Waals surface area contributed by atoms with Crippen LogP contribution in [0.3, 0.4) is 0 Å². The zero-order valence-corrected chi connectivity index (χ0v) is 18.6. The Morgan fingerprint density at radius 1 is 1.13 bits per heavy atom. The van der Waals surface area contributed by atoms with Crippen molar-refractivity contribution in [2.75, 3.05) is 36.5 Å². The molecule has 0 aromatic heterocycles. The smallest absolute Gasteiger partial charge is 0.312 e. The molecule has 2 aliphatic heterocycles. The molecule has 0 saturated carbocycles. The fourth-order valence-corrected chi connectivity index (χ4v) is 4.18. The molecule has 2 aromatic carbocycles. The highest BCUT2D eigenvalue weighted by Crippen LogP contribution is 2.42. The highest BCUT2D eigenvalue weighted by molar-refractivity contribution is 5.78. The third kappa shape index (κ3) is 3.98. The van der Waals surface area contributed by atoms with E-state index in [1.165, 1.54) is 12.7 Å². The second kappa shape index (κ2) is 7.86. The van der Waals surface area contributed by atoms with Gasteiger partial charge in [0.05, 0.1) is 18.7 Å². The third-order valence-electron chi connectivity index (χ3n) is 6.19. The molecular formula is C25H32N2O3. The molecule has 0 aliphatic carbocycles. The van der Waals surface area contributed by atoms with Crippen molar-refractivity contribution in [1.82, 2.24) is 0 Å². The monoisotopic (exact) mass is 408 g/mol. The number of rotatable bonds is 4. The quantitative estimate of drug-likeness (QED) is 0.657. The van der Waals surface area contributed by atoms with Gasteiger partial charge in [0, 0.05) is 37.4 Å². The molecule has 4 rings (SSSR count). The van der Waals surface area contributed by atoms with Gasteiger partial charge >= 0.3 is 5.97 Å². The summed E-state index contributed by atoms with van der Waals surface area (Å²) in [4.78, 5) is 16.3. The summed E-state index contributed by atoms with van der Waals surface area (Å²) in [6, 6.07) is 15.2. The number of hydrogen-bond donors (Lipinski definition) is 0. The van der Waals surface area contributed by atoms with E-state index in [0.29, 0.717) is 19.0 Å². The molecule has 1 fully saturated rings. The van der Waals surface area contributed by atoms with E-state index in [2.05, 4.69) is 80.0 Å². The van der Waals surface area contributed by atoms with Crippen molar-refractivity contribution >= 4 is 23.0 Å². The summed E-state index contributed by atoms with van der Waals surface area (Å²) in [6.45, 7) is 11.0. The number of fused-ring (bicyclic) bond motifs is 1. The van der Waals surface area contributed by atoms with Gasteiger partial charge in [-0.2, -0.15) is 0 Å². The molecule has 0 unspecified atom stereocenters. The molecule has 2 aliphatic rings. The Kier molecular flexibility index (Phi) is 5.39. The van der Waals surface area contributed by atoms with Crippen LogP contribution in [0, 0.1) is 5.92 Å². The lowest BCUT2D eigenvalue weighted by Gasteiger charge is -2.39. The van der Waals surface area contributed by atoms with Gasteiger partial charge in [-0.3, -0.25) is 4.79 Å². The molecule has 0 radical (unpaired) electrons. The fraction of sp³-hybridized carbons (Fsp3) is 0.480. The van der Waals surface area contributed by atoms with Gasteiger partial charge in [-0.05, 0) is 55.7 Å². The van der Waals surface area contributed by atoms with Gasteiger partial charge in [0.15, 0.2) is 0 Å². The van der Waals surface area contributed by atoms with Crippen LogP contribution in [0.2, 0.25) is 0 Å². The molecule has 30 heavy (non-hydrogen) atoms. The standard InChI is InChI=1S/C25H32N2O3/c1-17(2)18-9-10-22-23(13-18)30-25(3,4)11-12-27(22)21-8-6-7-20(14-21)26-15-19(16-26)24(28)29-5/h6-10,13-14,17,19H,11-12,15-16H2,1-5H3. The van der Waals surface area contributed by atoms with Crippen LogP contribution in [0.25, 0.3) is 0 Å². The Balaban J connectivity index is 1.64. The van der Waals surface area contributed by atoms with Crippen molar-refractivity contribution in [2.45, 2.75) is 45.6 Å². The summed E-state index contributed by atoms with van der Waals surface area (Å²) in [6.07, 6.45) is 0.928. The molecule has 0 atom stereocenters. The van der Waals surface area contributed by atoms with E-state index in [1.54, 1.807) is 0 Å². The Hall–Kier alpha value is -2.69. The van der Waals surface area contributed by atoms with Crippen LogP contribution in [-0.2, 0) is 9.53 Å². The van der Waals surface area contributed by atoms with Gasteiger partial charge in [-0.15, -0.1) is 0 Å². The van der Waals surface area contributed by atoms with Crippen molar-refractivity contribution in [1.29, 1.82) is 0 Å². The van der Waals surface area contributed by atoms with Crippen molar-refractivity contribution in [3.63, 3.8) is 0 Å². The maximum atomic E-state index is 11.7. The topological polar surface area (TPSA) is 42.0 Å². The zero-order chi connectivity index (χ0) is 21.5. The van der Waals surface area contributed by atoms with Gasteiger partial charge in [-0.25, -0.2) is 0 Å². The summed E-state index contributed by atoms with van der Waals surface area (Å²) in [7, 11) is 1.46. The molecule has 2 aromatic rings. The molecule has 5 heteroatoms. The number of hydrogen-bond acceptors (Lipinski definition) is 5. The number of benzene rings is 2. The number of esters is 1. The Bertz CT molecular complexity index is 932. The van der Waals surface area contributed by atoms with Crippen LogP contribution in [0.1, 0.15) is 45.6 Å². The highest BCUT2D eigenvalue weighted by atomic mass is 16.5. The minimum Gasteiger partial charge on any atom is -0.486 e. The summed E-state index contributed by atoms with van der Waals surface area (Å²) < 4.78 is 11.3. The molecule has 160 valence electrons. The second-order valence-electron chi connectivity index (χ2n) is 9.29. The molecule has 0 spiro atoms. The second-order valence-corrected chi connectivity index (χ2v) is 9.29. The number of carbonyl (C=O) groups is 1. The van der Waals surface area contributed by atoms with Crippen LogP contribution in [0.5, 0.6) is 5.75 Å². The Labute approximate surface area is 179 Å². The molecular weight excluding hydrogens is 376 g/mol. The van der Waals surface area contributed by atoms with Gasteiger partial charge in [-0.1, -0.05) is 26.0 Å². The summed E-state index contributed by atoms with van der Waals surface area (Å²) >= 11 is 0. The highest BCUT2D eigenvalue weighted by Gasteiger charge is 2.34. The lowest BCUT2D eigenvalue weighted by molar-refractivity contribution is -0.146. The number of carbonyl (C=O) groups excluding carboxylic acids is 1. The van der Waals surface area contributed by atoms with E-state index < -0.39 is 0 Å². The Morgan fingerprint density at radius 2 is 1.87 bits per heavy atom. The lowest BCUT2D eigenvalue weighted by Crippen LogP contribution is -2.50. The van der Waals surface area contributed by atoms with Crippen LogP contribution >= 0.6 is 0 Å². The van der Waals surface area contributed by atoms with E-state index in [9.17, 15) is 4.79 Å². The predicted octanol–water partition coefficient (Wildman–Crippen LogP) is 5.12. The maximum absolute atomic E-state index is 11.7. The predicted molar refractivity (Wildman–Crippen MR) is 121 cm³/mol. The van der Waals surface area contributed by atoms with E-state index in [-0.39, 0.29) is 17.5 Å². The number of nitrogens with zero attached hydrogens (tertiary/aromatic N) is 2. The fourth-order valence-electron chi connectivity index (χ4n) is 4.18. The maximum Gasteiger partial charge on any atom is 0.312 e. The van der Waals surface area contributed by atoms with E-state index in [0.717, 1.165) is 35.8 Å². The number of ether oxygens (including phenoxy) is 2. The average Bonchev–Trinajstić information content (AvgIpc) is 2.81. The lowest BCUT2D eigenvalue weighted by atomic mass is 9.99. The zero-order valence-electron chi connectivity index (χ0n) is 18.6. The minimum atomic E-state index is -0.220. The van der Waals surface area contributed by atoms with Crippen LogP contribution in [-0.4, -0.2) is 38.3 Å². The number of methoxy groups -OCH3 is 1. The Morgan fingerprint density at radius 3 is 2.57 bits per heavy atom. The summed E-state index contributed by atoms with van der Waals surface area (Å²) in [5, 5.41) is 0. The molecule has 2 heterocycles. The number of anilines is 3. The van der Waals surface area contributed by atoms with Gasteiger partial charge in [0.1, 0.15) is 11.4 Å². The van der Waals surface area contributed by atoms with E-state index >= 15 is 0 Å². The van der Waals surface area contributed by atoms with Gasteiger partial charge in [0.2, 0.25) is 0 Å². The van der Waals surface area contributed by atoms with Crippen molar-refractivity contribution in [2.24, 2.45) is 5.92 Å². The normalized spacial score (nSPS) is 18.3. The van der Waals surface area contributed by atoms with Gasteiger partial charge in [0.25, 0.3) is 0 Å². The van der Waals surface area contributed by atoms with Crippen molar-refractivity contribution in [3.8, 4) is 5.75 Å². The molecule has 1 saturated heterocycles. The first kappa shape index (κ1) is 20.6. The summed E-state index contributed by atoms with van der Waals surface area (Å²) in [5.74, 6) is 1.26. The van der Waals surface area contributed by atoms with Crippen molar-refractivity contribution in [3.05, 3.63) is 48.0 Å². The average molecular weight is 409 g/mol. The van der Waals surface area contributed by atoms with E-state index in [1.807, 2.05) is 0 Å². The largest absolute Gasteiger partial charge is 0.486 e. The summed E-state index contributed by atoms with van der Waals surface area (Å²) in [5.41, 5.74) is 4.46. The first-order valence-corrected chi connectivity index (χ1v) is 10.8. The molecule has 0 bridgehead atoms. The van der Waals surface area contributed by atoms with E-state index in [4.69, 9.17) is 9.47 Å². The molecule has 0 amide bonds. The first-order chi connectivity index (χ1) is 14.3. The van der Waals surface area contributed by atoms with Crippen molar-refractivity contribution < 1.29 is 14.3 Å². The third-order valence-corrected chi connectivity index (χ3v) is 6.19. The van der Waals surface area contributed by atoms with Crippen LogP contribution in [0.4, 0.5) is 17.1 Å². The molecule has 0 N–H and O–H groups in total. The SMILES string of the molecule is COC(=O)C1CN(c2cccc(N3CCC(C)(C)Oc4cc(C(C)C)ccc43)c2)C1. The van der Waals surface area contributed by atoms with Gasteiger partial charge < -0.3 is 19.3 Å². The van der Waals surface area contributed by atoms with Crippen LogP contribution < -0.4 is 14.5 Å². The molecule has 5 nitrogen and oxygen atoms in total. The minimum absolute atomic E-state index is 0.0266. The van der Waals surface area contributed by atoms with Crippen LogP contribution in [0.15, 0.2) is 42.5 Å². The first-order valence-electron chi connectivity index (χ1n) is 10.8.